The number of carbonyl (C=O) groups is 1. The van der Waals surface area contributed by atoms with Gasteiger partial charge in [0.05, 0.1) is 28.5 Å². The molecule has 0 unspecified atom stereocenters. The zero-order valence-electron chi connectivity index (χ0n) is 17.0. The molecule has 0 spiro atoms. The molecule has 0 saturated carbocycles. The molecule has 5 nitrogen and oxygen atoms in total. The summed E-state index contributed by atoms with van der Waals surface area (Å²) in [5, 5.41) is 6.24. The number of hydrogen-bond donors (Lipinski definition) is 0. The molecule has 0 fully saturated rings. The zero-order chi connectivity index (χ0) is 21.8. The van der Waals surface area contributed by atoms with Crippen LogP contribution in [-0.2, 0) is 17.0 Å². The summed E-state index contributed by atoms with van der Waals surface area (Å²) in [6, 6.07) is 9.21. The van der Waals surface area contributed by atoms with Crippen LogP contribution in [0, 0.1) is 0 Å². The van der Waals surface area contributed by atoms with Crippen molar-refractivity contribution in [1.29, 1.82) is 0 Å². The van der Waals surface area contributed by atoms with E-state index in [9.17, 15) is 4.79 Å². The quantitative estimate of drug-likeness (QED) is 0.355. The molecule has 1 aliphatic heterocycles. The Kier molecular flexibility index (Phi) is 7.12. The molecule has 0 atom stereocenters. The summed E-state index contributed by atoms with van der Waals surface area (Å²) >= 11 is 11.1. The van der Waals surface area contributed by atoms with Gasteiger partial charge >= 0.3 is 0 Å². The maximum Gasteiger partial charge on any atom is 0.283 e. The van der Waals surface area contributed by atoms with Crippen molar-refractivity contribution in [3.8, 4) is 5.75 Å². The minimum Gasteiger partial charge on any atom is -0.495 e. The lowest BCUT2D eigenvalue weighted by Crippen LogP contribution is -2.30. The number of methoxy groups -OCH3 is 1. The number of amides is 1. The second-order valence-electron chi connectivity index (χ2n) is 6.67. The molecular formula is C22H20ClN3O2S3. The van der Waals surface area contributed by atoms with E-state index in [1.807, 2.05) is 29.7 Å². The Morgan fingerprint density at radius 1 is 1.29 bits per heavy atom. The number of hydrogen-bond acceptors (Lipinski definition) is 7. The number of carbonyl (C=O) groups excluding carboxylic acids is 1. The fourth-order valence-electron chi connectivity index (χ4n) is 3.01. The Morgan fingerprint density at radius 3 is 2.87 bits per heavy atom. The van der Waals surface area contributed by atoms with E-state index in [1.165, 1.54) is 11.8 Å². The summed E-state index contributed by atoms with van der Waals surface area (Å²) in [4.78, 5) is 25.2. The first-order valence-electron chi connectivity index (χ1n) is 9.67. The third-order valence-electron chi connectivity index (χ3n) is 4.46. The molecule has 1 aromatic carbocycles. The molecule has 0 bridgehead atoms. The van der Waals surface area contributed by atoms with Crippen molar-refractivity contribution < 1.29 is 9.53 Å². The number of ether oxygens (including phenoxy) is 1. The predicted octanol–water partition coefficient (Wildman–Crippen LogP) is 6.50. The van der Waals surface area contributed by atoms with Crippen LogP contribution >= 0.6 is 46.0 Å². The monoisotopic (exact) mass is 489 g/mol. The highest BCUT2D eigenvalue weighted by Crippen LogP contribution is 2.35. The van der Waals surface area contributed by atoms with Gasteiger partial charge in [0.1, 0.15) is 11.4 Å². The highest BCUT2D eigenvalue weighted by atomic mass is 35.5. The number of benzene rings is 1. The average Bonchev–Trinajstić information content (AvgIpc) is 3.49. The summed E-state index contributed by atoms with van der Waals surface area (Å²) in [6.07, 6.45) is 3.88. The van der Waals surface area contributed by atoms with Gasteiger partial charge in [-0.15, -0.1) is 22.7 Å². The van der Waals surface area contributed by atoms with Gasteiger partial charge in [-0.05, 0) is 48.6 Å². The van der Waals surface area contributed by atoms with Crippen molar-refractivity contribution in [3.63, 3.8) is 0 Å². The number of nitrogens with zero attached hydrogens (tertiary/aromatic N) is 3. The van der Waals surface area contributed by atoms with E-state index in [-0.39, 0.29) is 5.91 Å². The van der Waals surface area contributed by atoms with Crippen LogP contribution in [0.5, 0.6) is 5.75 Å². The third-order valence-corrected chi connectivity index (χ3v) is 7.50. The summed E-state index contributed by atoms with van der Waals surface area (Å²) in [5.41, 5.74) is 2.06. The normalized spacial score (nSPS) is 15.1. The molecule has 31 heavy (non-hydrogen) atoms. The van der Waals surface area contributed by atoms with Crippen LogP contribution in [0.3, 0.4) is 0 Å². The van der Waals surface area contributed by atoms with Gasteiger partial charge in [-0.25, -0.2) is 9.98 Å². The highest BCUT2D eigenvalue weighted by Gasteiger charge is 2.32. The topological polar surface area (TPSA) is 54.8 Å². The van der Waals surface area contributed by atoms with Gasteiger partial charge in [-0.1, -0.05) is 36.4 Å². The number of thioether (sulfide) groups is 1. The molecule has 3 aromatic rings. The molecule has 160 valence electrons. The van der Waals surface area contributed by atoms with Crippen molar-refractivity contribution >= 4 is 68.9 Å². The molecule has 0 N–H and O–H groups in total. The molecule has 3 heterocycles. The van der Waals surface area contributed by atoms with E-state index < -0.39 is 0 Å². The lowest BCUT2D eigenvalue weighted by atomic mass is 10.2. The third kappa shape index (κ3) is 5.03. The Balaban J connectivity index is 1.63. The minimum absolute atomic E-state index is 0.179. The fraction of sp³-hybridized carbons (Fsp3) is 0.227. The molecule has 1 amide bonds. The van der Waals surface area contributed by atoms with E-state index >= 15 is 0 Å². The summed E-state index contributed by atoms with van der Waals surface area (Å²) < 4.78 is 5.25. The summed E-state index contributed by atoms with van der Waals surface area (Å²) in [7, 11) is 1.56. The Bertz CT molecular complexity index is 1140. The molecule has 2 aromatic heterocycles. The van der Waals surface area contributed by atoms with Crippen LogP contribution in [0.2, 0.25) is 5.02 Å². The van der Waals surface area contributed by atoms with Crippen molar-refractivity contribution in [2.24, 2.45) is 4.99 Å². The van der Waals surface area contributed by atoms with Crippen molar-refractivity contribution in [2.45, 2.75) is 25.5 Å². The predicted molar refractivity (Wildman–Crippen MR) is 133 cm³/mol. The molecule has 1 aliphatic rings. The van der Waals surface area contributed by atoms with Crippen LogP contribution in [0.4, 0.5) is 5.69 Å². The number of halogens is 1. The van der Waals surface area contributed by atoms with Gasteiger partial charge in [-0.3, -0.25) is 9.69 Å². The molecule has 4 rings (SSSR count). The number of anilines is 1. The molecular weight excluding hydrogens is 470 g/mol. The number of amidine groups is 1. The van der Waals surface area contributed by atoms with Crippen LogP contribution < -0.4 is 9.64 Å². The first-order chi connectivity index (χ1) is 15.1. The minimum atomic E-state index is -0.179. The van der Waals surface area contributed by atoms with Gasteiger partial charge in [0.2, 0.25) is 0 Å². The van der Waals surface area contributed by atoms with Crippen molar-refractivity contribution in [1.82, 2.24) is 4.98 Å². The molecule has 0 saturated heterocycles. The van der Waals surface area contributed by atoms with Crippen LogP contribution in [-0.4, -0.2) is 23.2 Å². The van der Waals surface area contributed by atoms with Crippen LogP contribution in [0.25, 0.3) is 6.08 Å². The Labute approximate surface area is 198 Å². The standard InChI is InChI=1S/C22H20ClN3O2S3/c1-3-5-20-24-14(12-30-20)13-31-22-25-18(11-16-6-4-9-29-16)21(27)26(22)15-7-8-19(28-2)17(23)10-15/h4,6-12H,3,5,13H2,1-2H3/b18-11-. The van der Waals surface area contributed by atoms with E-state index in [1.54, 1.807) is 46.8 Å². The van der Waals surface area contributed by atoms with Crippen LogP contribution in [0.1, 0.15) is 28.9 Å². The first-order valence-corrected chi connectivity index (χ1v) is 12.8. The lowest BCUT2D eigenvalue weighted by molar-refractivity contribution is -0.113. The number of thiazole rings is 1. The van der Waals surface area contributed by atoms with E-state index in [4.69, 9.17) is 16.3 Å². The number of aryl methyl sites for hydroxylation is 1. The highest BCUT2D eigenvalue weighted by molar-refractivity contribution is 8.13. The smallest absolute Gasteiger partial charge is 0.283 e. The van der Waals surface area contributed by atoms with E-state index in [0.717, 1.165) is 28.4 Å². The second-order valence-corrected chi connectivity index (χ2v) is 9.94. The van der Waals surface area contributed by atoms with Gasteiger partial charge in [-0.2, -0.15) is 0 Å². The summed E-state index contributed by atoms with van der Waals surface area (Å²) in [6.45, 7) is 2.15. The molecule has 0 aliphatic carbocycles. The zero-order valence-corrected chi connectivity index (χ0v) is 20.2. The number of rotatable bonds is 7. The molecule has 0 radical (unpaired) electrons. The summed E-state index contributed by atoms with van der Waals surface area (Å²) in [5.74, 6) is 1.02. The van der Waals surface area contributed by atoms with Gasteiger partial charge in [0.25, 0.3) is 5.91 Å². The van der Waals surface area contributed by atoms with Crippen molar-refractivity contribution in [3.05, 3.63) is 67.4 Å². The average molecular weight is 490 g/mol. The number of aromatic nitrogens is 1. The number of aliphatic imine (C=N–C) groups is 1. The lowest BCUT2D eigenvalue weighted by Gasteiger charge is -2.18. The second kappa shape index (κ2) is 9.99. The maximum atomic E-state index is 13.3. The van der Waals surface area contributed by atoms with Gasteiger partial charge in [0, 0.05) is 16.0 Å². The van der Waals surface area contributed by atoms with E-state index in [2.05, 4.69) is 22.3 Å². The van der Waals surface area contributed by atoms with Crippen molar-refractivity contribution in [2.75, 3.05) is 12.0 Å². The maximum absolute atomic E-state index is 13.3. The fourth-order valence-corrected chi connectivity index (χ4v) is 5.82. The van der Waals surface area contributed by atoms with Crippen LogP contribution in [0.15, 0.2) is 51.8 Å². The van der Waals surface area contributed by atoms with E-state index in [0.29, 0.717) is 33.1 Å². The Morgan fingerprint density at radius 2 is 2.16 bits per heavy atom. The Hall–Kier alpha value is -2.13. The van der Waals surface area contributed by atoms with Gasteiger partial charge < -0.3 is 4.74 Å². The number of thiophene rings is 1. The SMILES string of the molecule is CCCc1nc(CSC2=N/C(=C\c3cccs3)C(=O)N2c2ccc(OC)c(Cl)c2)cs1. The first kappa shape index (κ1) is 22.1. The largest absolute Gasteiger partial charge is 0.495 e. The van der Waals surface area contributed by atoms with Gasteiger partial charge in [0.15, 0.2) is 5.17 Å². The molecule has 9 heteroatoms.